The lowest BCUT2D eigenvalue weighted by molar-refractivity contribution is 0.402. The summed E-state index contributed by atoms with van der Waals surface area (Å²) in [6.07, 6.45) is 1.54. The Morgan fingerprint density at radius 2 is 2.19 bits per heavy atom. The van der Waals surface area contributed by atoms with Crippen LogP contribution < -0.4 is 14.8 Å². The maximum absolute atomic E-state index is 12.5. The predicted octanol–water partition coefficient (Wildman–Crippen LogP) is 2.06. The molecule has 2 aromatic rings. The van der Waals surface area contributed by atoms with Gasteiger partial charge in [-0.3, -0.25) is 4.72 Å². The molecule has 0 radical (unpaired) electrons. The van der Waals surface area contributed by atoms with Crippen molar-refractivity contribution in [2.45, 2.75) is 18.4 Å². The van der Waals surface area contributed by atoms with Gasteiger partial charge in [-0.15, -0.1) is 11.3 Å². The van der Waals surface area contributed by atoms with Gasteiger partial charge in [0.2, 0.25) is 0 Å². The summed E-state index contributed by atoms with van der Waals surface area (Å²) in [5.74, 6) is 0.305. The van der Waals surface area contributed by atoms with E-state index in [1.807, 2.05) is 13.0 Å². The van der Waals surface area contributed by atoms with Crippen molar-refractivity contribution in [3.63, 3.8) is 0 Å². The van der Waals surface area contributed by atoms with Crippen LogP contribution in [0.5, 0.6) is 5.75 Å². The number of methoxy groups -OCH3 is 1. The van der Waals surface area contributed by atoms with Crippen molar-refractivity contribution in [3.8, 4) is 5.75 Å². The van der Waals surface area contributed by atoms with Gasteiger partial charge in [-0.1, -0.05) is 13.0 Å². The Bertz CT molecular complexity index is 685. The molecule has 8 heteroatoms. The summed E-state index contributed by atoms with van der Waals surface area (Å²) in [6, 6.07) is 5.10. The highest BCUT2D eigenvalue weighted by molar-refractivity contribution is 7.93. The van der Waals surface area contributed by atoms with Gasteiger partial charge < -0.3 is 10.1 Å². The summed E-state index contributed by atoms with van der Waals surface area (Å²) in [5.41, 5.74) is 0.872. The summed E-state index contributed by atoms with van der Waals surface area (Å²) in [4.78, 5) is 4.04. The van der Waals surface area contributed by atoms with Gasteiger partial charge in [0.1, 0.15) is 10.6 Å². The molecule has 1 heterocycles. The number of rotatable bonds is 7. The van der Waals surface area contributed by atoms with Crippen molar-refractivity contribution in [3.05, 3.63) is 35.3 Å². The van der Waals surface area contributed by atoms with Crippen LogP contribution in [0.25, 0.3) is 0 Å². The van der Waals surface area contributed by atoms with Crippen LogP contribution in [0.3, 0.4) is 0 Å². The Morgan fingerprint density at radius 1 is 1.38 bits per heavy atom. The first-order chi connectivity index (χ1) is 10.1. The molecule has 2 rings (SSSR count). The lowest BCUT2D eigenvalue weighted by Gasteiger charge is -2.12. The summed E-state index contributed by atoms with van der Waals surface area (Å²) >= 11 is 1.22. The van der Waals surface area contributed by atoms with E-state index in [-0.39, 0.29) is 4.90 Å². The van der Waals surface area contributed by atoms with Gasteiger partial charge in [-0.2, -0.15) is 0 Å². The van der Waals surface area contributed by atoms with Crippen LogP contribution in [-0.4, -0.2) is 27.1 Å². The fourth-order valence-electron chi connectivity index (χ4n) is 1.75. The molecule has 0 atom stereocenters. The van der Waals surface area contributed by atoms with Crippen LogP contribution in [0.1, 0.15) is 12.5 Å². The van der Waals surface area contributed by atoms with E-state index in [1.54, 1.807) is 23.7 Å². The highest BCUT2D eigenvalue weighted by Crippen LogP contribution is 2.27. The van der Waals surface area contributed by atoms with Gasteiger partial charge >= 0.3 is 0 Å². The molecule has 0 aliphatic rings. The standard InChI is InChI=1S/C13H17N3O3S2/c1-3-14-9-10-4-5-11(19-2)12(8-10)21(17,18)16-13-15-6-7-20-13/h4-8,14H,3,9H2,1-2H3,(H,15,16). The zero-order chi connectivity index (χ0) is 15.3. The first-order valence-corrected chi connectivity index (χ1v) is 8.73. The number of ether oxygens (including phenoxy) is 1. The van der Waals surface area contributed by atoms with Crippen molar-refractivity contribution >= 4 is 26.5 Å². The van der Waals surface area contributed by atoms with Crippen LogP contribution in [0, 0.1) is 0 Å². The third-order valence-corrected chi connectivity index (χ3v) is 4.93. The molecule has 6 nitrogen and oxygen atoms in total. The molecule has 2 N–H and O–H groups in total. The maximum Gasteiger partial charge on any atom is 0.267 e. The molecule has 0 saturated carbocycles. The van der Waals surface area contributed by atoms with Crippen LogP contribution in [0.4, 0.5) is 5.13 Å². The smallest absolute Gasteiger partial charge is 0.267 e. The number of sulfonamides is 1. The van der Waals surface area contributed by atoms with Gasteiger partial charge in [0.05, 0.1) is 7.11 Å². The Labute approximate surface area is 128 Å². The molecule has 0 spiro atoms. The number of nitrogens with one attached hydrogen (secondary N) is 2. The second-order valence-corrected chi connectivity index (χ2v) is 6.75. The summed E-state index contributed by atoms with van der Waals surface area (Å²) in [5, 5.41) is 5.19. The molecule has 21 heavy (non-hydrogen) atoms. The number of thiazole rings is 1. The number of hydrogen-bond donors (Lipinski definition) is 2. The van der Waals surface area contributed by atoms with E-state index >= 15 is 0 Å². The van der Waals surface area contributed by atoms with E-state index in [0.29, 0.717) is 17.4 Å². The minimum atomic E-state index is -3.73. The fraction of sp³-hybridized carbons (Fsp3) is 0.308. The minimum Gasteiger partial charge on any atom is -0.495 e. The molecule has 1 aromatic heterocycles. The second kappa shape index (κ2) is 6.88. The van der Waals surface area contributed by atoms with Crippen molar-refractivity contribution in [2.75, 3.05) is 18.4 Å². The van der Waals surface area contributed by atoms with Crippen LogP contribution in [0.15, 0.2) is 34.7 Å². The lowest BCUT2D eigenvalue weighted by atomic mass is 10.2. The summed E-state index contributed by atoms with van der Waals surface area (Å²) < 4.78 is 32.5. The van der Waals surface area contributed by atoms with Crippen LogP contribution in [0.2, 0.25) is 0 Å². The minimum absolute atomic E-state index is 0.107. The van der Waals surface area contributed by atoms with E-state index < -0.39 is 10.0 Å². The van der Waals surface area contributed by atoms with Crippen molar-refractivity contribution < 1.29 is 13.2 Å². The van der Waals surface area contributed by atoms with Crippen molar-refractivity contribution in [1.29, 1.82) is 0 Å². The van der Waals surface area contributed by atoms with Gasteiger partial charge in [-0.25, -0.2) is 13.4 Å². The van der Waals surface area contributed by atoms with Gasteiger partial charge in [0.25, 0.3) is 10.0 Å². The first kappa shape index (κ1) is 15.7. The normalized spacial score (nSPS) is 11.3. The quantitative estimate of drug-likeness (QED) is 0.814. The number of hydrogen-bond acceptors (Lipinski definition) is 6. The molecule has 1 aromatic carbocycles. The second-order valence-electron chi connectivity index (χ2n) is 4.21. The molecule has 0 amide bonds. The van der Waals surface area contributed by atoms with Crippen LogP contribution >= 0.6 is 11.3 Å². The number of benzene rings is 1. The summed E-state index contributed by atoms with van der Waals surface area (Å²) in [7, 11) is -2.28. The Kier molecular flexibility index (Phi) is 5.16. The predicted molar refractivity (Wildman–Crippen MR) is 83.3 cm³/mol. The average molecular weight is 327 g/mol. The van der Waals surface area contributed by atoms with E-state index in [1.165, 1.54) is 18.4 Å². The zero-order valence-electron chi connectivity index (χ0n) is 11.8. The fourth-order valence-corrected chi connectivity index (χ4v) is 3.76. The Morgan fingerprint density at radius 3 is 2.81 bits per heavy atom. The Hall–Kier alpha value is -1.64. The zero-order valence-corrected chi connectivity index (χ0v) is 13.4. The molecule has 0 bridgehead atoms. The SMILES string of the molecule is CCNCc1ccc(OC)c(S(=O)(=O)Nc2nccs2)c1. The Balaban J connectivity index is 2.35. The van der Waals surface area contributed by atoms with Gasteiger partial charge in [0.15, 0.2) is 5.13 Å². The molecule has 0 aliphatic carbocycles. The number of anilines is 1. The molecule has 114 valence electrons. The van der Waals surface area contributed by atoms with Crippen LogP contribution in [-0.2, 0) is 16.6 Å². The van der Waals surface area contributed by atoms with E-state index in [9.17, 15) is 8.42 Å². The molecule has 0 fully saturated rings. The molecular weight excluding hydrogens is 310 g/mol. The molecule has 0 unspecified atom stereocenters. The van der Waals surface area contributed by atoms with Crippen molar-refractivity contribution in [1.82, 2.24) is 10.3 Å². The largest absolute Gasteiger partial charge is 0.495 e. The monoisotopic (exact) mass is 327 g/mol. The number of aromatic nitrogens is 1. The third kappa shape index (κ3) is 3.93. The van der Waals surface area contributed by atoms with Gasteiger partial charge in [0, 0.05) is 18.1 Å². The van der Waals surface area contributed by atoms with E-state index in [0.717, 1.165) is 12.1 Å². The lowest BCUT2D eigenvalue weighted by Crippen LogP contribution is -2.16. The number of nitrogens with zero attached hydrogens (tertiary/aromatic N) is 1. The molecule has 0 saturated heterocycles. The maximum atomic E-state index is 12.5. The third-order valence-electron chi connectivity index (χ3n) is 2.75. The van der Waals surface area contributed by atoms with E-state index in [4.69, 9.17) is 4.74 Å². The topological polar surface area (TPSA) is 80.3 Å². The van der Waals surface area contributed by atoms with Gasteiger partial charge in [-0.05, 0) is 24.2 Å². The first-order valence-electron chi connectivity index (χ1n) is 6.36. The van der Waals surface area contributed by atoms with Crippen molar-refractivity contribution in [2.24, 2.45) is 0 Å². The summed E-state index contributed by atoms with van der Waals surface area (Å²) in [6.45, 7) is 3.40. The van der Waals surface area contributed by atoms with E-state index in [2.05, 4.69) is 15.0 Å². The molecule has 0 aliphatic heterocycles. The molecular formula is C13H17N3O3S2. The average Bonchev–Trinajstić information content (AvgIpc) is 2.97. The highest BCUT2D eigenvalue weighted by atomic mass is 32.2. The highest BCUT2D eigenvalue weighted by Gasteiger charge is 2.21.